The minimum atomic E-state index is -3.70. The van der Waals surface area contributed by atoms with Crippen LogP contribution in [0.15, 0.2) is 11.0 Å². The number of hydrogen-bond donors (Lipinski definition) is 3. The van der Waals surface area contributed by atoms with Gasteiger partial charge in [-0.05, 0) is 0 Å². The summed E-state index contributed by atoms with van der Waals surface area (Å²) < 4.78 is 59.2. The van der Waals surface area contributed by atoms with E-state index < -0.39 is 47.0 Å². The first-order chi connectivity index (χ1) is 10.4. The number of halogens is 2. The van der Waals surface area contributed by atoms with Gasteiger partial charge < -0.3 is 19.7 Å². The van der Waals surface area contributed by atoms with E-state index in [9.17, 15) is 23.8 Å². The highest BCUT2D eigenvalue weighted by Crippen LogP contribution is 2.37. The largest absolute Gasteiger partial charge is 0.385 e. The van der Waals surface area contributed by atoms with Gasteiger partial charge >= 0.3 is 5.69 Å². The van der Waals surface area contributed by atoms with Crippen LogP contribution < -0.4 is 5.69 Å². The Balaban J connectivity index is 2.63. The molecule has 0 radical (unpaired) electrons. The SMILES string of the molecule is [2H]C([2H])(OC)[C@@]1(F)O[C@@]([2H])(n2cc(F)c(=S)[nH]c2=O)[C@H](O)[C@@H]1O. The molecule has 10 heteroatoms. The molecule has 1 saturated heterocycles. The summed E-state index contributed by atoms with van der Waals surface area (Å²) in [5.41, 5.74) is -1.24. The van der Waals surface area contributed by atoms with Crippen LogP contribution in [-0.4, -0.2) is 51.5 Å². The molecule has 0 unspecified atom stereocenters. The minimum Gasteiger partial charge on any atom is -0.385 e. The number of nitrogens with zero attached hydrogens (tertiary/aromatic N) is 1. The first kappa shape index (κ1) is 11.5. The van der Waals surface area contributed by atoms with Gasteiger partial charge in [0.05, 0.1) is 10.3 Å². The number of alkyl halides is 1. The lowest BCUT2D eigenvalue weighted by Gasteiger charge is -2.21. The Morgan fingerprint density at radius 1 is 1.80 bits per heavy atom. The van der Waals surface area contributed by atoms with Gasteiger partial charge in [-0.2, -0.15) is 0 Å². The average Bonchev–Trinajstić information content (AvgIpc) is 2.65. The second kappa shape index (κ2) is 5.30. The molecule has 0 aromatic carbocycles. The Bertz CT molecular complexity index is 746. The molecule has 2 rings (SSSR count). The molecule has 1 aromatic rings. The molecule has 20 heavy (non-hydrogen) atoms. The van der Waals surface area contributed by atoms with Crippen LogP contribution >= 0.6 is 12.2 Å². The number of ether oxygens (including phenoxy) is 2. The molecule has 3 N–H and O–H groups in total. The van der Waals surface area contributed by atoms with E-state index in [2.05, 4.69) is 21.7 Å². The summed E-state index contributed by atoms with van der Waals surface area (Å²) in [6.45, 7) is -3.28. The van der Waals surface area contributed by atoms with Crippen LogP contribution in [-0.2, 0) is 9.47 Å². The summed E-state index contributed by atoms with van der Waals surface area (Å²) in [6, 6.07) is 0. The Kier molecular flexibility index (Phi) is 3.03. The molecular weight excluding hydrogens is 298 g/mol. The van der Waals surface area contributed by atoms with Gasteiger partial charge in [-0.1, -0.05) is 12.2 Å². The number of aromatic amines is 1. The number of methoxy groups -OCH3 is 1. The molecule has 0 amide bonds. The normalized spacial score (nSPS) is 40.1. The van der Waals surface area contributed by atoms with Crippen molar-refractivity contribution >= 4 is 12.2 Å². The van der Waals surface area contributed by atoms with Crippen molar-refractivity contribution in [2.24, 2.45) is 0 Å². The van der Waals surface area contributed by atoms with E-state index in [1.165, 1.54) is 0 Å². The topological polar surface area (TPSA) is 96.7 Å². The van der Waals surface area contributed by atoms with Gasteiger partial charge in [0.25, 0.3) is 5.85 Å². The van der Waals surface area contributed by atoms with E-state index in [1.807, 2.05) is 4.98 Å². The highest BCUT2D eigenvalue weighted by Gasteiger charge is 2.56. The van der Waals surface area contributed by atoms with Crippen LogP contribution in [0.1, 0.15) is 10.3 Å². The van der Waals surface area contributed by atoms with Crippen LogP contribution in [0.3, 0.4) is 0 Å². The van der Waals surface area contributed by atoms with E-state index in [1.54, 1.807) is 0 Å². The highest BCUT2D eigenvalue weighted by molar-refractivity contribution is 7.71. The second-order valence-corrected chi connectivity index (χ2v) is 4.30. The molecule has 0 spiro atoms. The number of aliphatic hydroxyl groups excluding tert-OH is 2. The molecule has 7 nitrogen and oxygen atoms in total. The Labute approximate surface area is 120 Å². The van der Waals surface area contributed by atoms with Crippen molar-refractivity contribution in [1.29, 1.82) is 0 Å². The molecule has 1 aliphatic heterocycles. The third-order valence-corrected chi connectivity index (χ3v) is 2.86. The number of nitrogens with one attached hydrogen (secondary N) is 1. The summed E-state index contributed by atoms with van der Waals surface area (Å²) in [4.78, 5) is 13.6. The number of rotatable bonds is 3. The van der Waals surface area contributed by atoms with Crippen molar-refractivity contribution in [2.75, 3.05) is 13.7 Å². The maximum Gasteiger partial charge on any atom is 0.328 e. The summed E-state index contributed by atoms with van der Waals surface area (Å²) >= 11 is 4.48. The van der Waals surface area contributed by atoms with Gasteiger partial charge in [0.1, 0.15) is 23.4 Å². The monoisotopic (exact) mass is 313 g/mol. The molecule has 0 bridgehead atoms. The van der Waals surface area contributed by atoms with E-state index in [4.69, 9.17) is 4.11 Å². The lowest BCUT2D eigenvalue weighted by Crippen LogP contribution is -2.42. The summed E-state index contributed by atoms with van der Waals surface area (Å²) in [5, 5.41) is 19.7. The van der Waals surface area contributed by atoms with E-state index in [0.717, 1.165) is 7.11 Å². The number of hydrogen-bond acceptors (Lipinski definition) is 6. The van der Waals surface area contributed by atoms with Crippen molar-refractivity contribution in [3.05, 3.63) is 27.1 Å². The first-order valence-corrected chi connectivity index (χ1v) is 5.64. The maximum absolute atomic E-state index is 14.7. The summed E-state index contributed by atoms with van der Waals surface area (Å²) in [6.07, 6.45) is -7.75. The smallest absolute Gasteiger partial charge is 0.328 e. The fourth-order valence-electron chi connectivity index (χ4n) is 1.63. The second-order valence-electron chi connectivity index (χ2n) is 3.89. The van der Waals surface area contributed by atoms with Gasteiger partial charge in [-0.3, -0.25) is 9.55 Å². The maximum atomic E-state index is 14.7. The summed E-state index contributed by atoms with van der Waals surface area (Å²) in [5.74, 6) is -4.88. The molecule has 1 aliphatic rings. The van der Waals surface area contributed by atoms with E-state index in [0.29, 0.717) is 6.20 Å². The molecule has 1 fully saturated rings. The number of aromatic nitrogens is 2. The third kappa shape index (κ3) is 2.40. The zero-order valence-corrected chi connectivity index (χ0v) is 10.8. The van der Waals surface area contributed by atoms with Gasteiger partial charge in [-0.25, -0.2) is 13.6 Å². The van der Waals surface area contributed by atoms with Crippen molar-refractivity contribution in [3.8, 4) is 0 Å². The third-order valence-electron chi connectivity index (χ3n) is 2.56. The predicted molar refractivity (Wildman–Crippen MR) is 63.7 cm³/mol. The van der Waals surface area contributed by atoms with Crippen LogP contribution in [0.4, 0.5) is 8.78 Å². The first-order valence-electron chi connectivity index (χ1n) is 6.73. The van der Waals surface area contributed by atoms with E-state index >= 15 is 0 Å². The number of H-pyrrole nitrogens is 1. The standard InChI is InChI=1S/C10H12F2N2O5S/c1-18-3-10(12)6(16)5(15)8(19-10)14-2-4(11)7(20)13-9(14)17/h2,5-6,8,15-16H,3H2,1H3,(H,13,17,20)/t5-,6+,8-,10-/m1/s1/i3D2,8D. The zero-order chi connectivity index (χ0) is 17.8. The average molecular weight is 313 g/mol. The van der Waals surface area contributed by atoms with Crippen molar-refractivity contribution < 1.29 is 32.6 Å². The van der Waals surface area contributed by atoms with Gasteiger partial charge in [0.15, 0.2) is 12.0 Å². The molecule has 0 saturated carbocycles. The van der Waals surface area contributed by atoms with Crippen molar-refractivity contribution in [3.63, 3.8) is 0 Å². The fourth-order valence-corrected chi connectivity index (χ4v) is 1.77. The summed E-state index contributed by atoms with van der Waals surface area (Å²) in [7, 11) is 0.763. The Morgan fingerprint density at radius 3 is 3.05 bits per heavy atom. The fraction of sp³-hybridized carbons (Fsp3) is 0.600. The van der Waals surface area contributed by atoms with Gasteiger partial charge in [0, 0.05) is 7.11 Å². The van der Waals surface area contributed by atoms with Crippen molar-refractivity contribution in [1.82, 2.24) is 9.55 Å². The number of aliphatic hydroxyl groups is 2. The molecule has 4 atom stereocenters. The highest BCUT2D eigenvalue weighted by atomic mass is 32.1. The predicted octanol–water partition coefficient (Wildman–Crippen LogP) is -0.392. The van der Waals surface area contributed by atoms with Crippen LogP contribution in [0, 0.1) is 10.5 Å². The van der Waals surface area contributed by atoms with Crippen LogP contribution in [0.5, 0.6) is 0 Å². The lowest BCUT2D eigenvalue weighted by atomic mass is 10.1. The van der Waals surface area contributed by atoms with E-state index in [-0.39, 0.29) is 4.57 Å². The minimum absolute atomic E-state index is 0.110. The Hall–Kier alpha value is -1.20. The van der Waals surface area contributed by atoms with Gasteiger partial charge in [-0.15, -0.1) is 0 Å². The molecule has 112 valence electrons. The lowest BCUT2D eigenvalue weighted by molar-refractivity contribution is -0.212. The van der Waals surface area contributed by atoms with Crippen LogP contribution in [0.25, 0.3) is 0 Å². The molecule has 1 aromatic heterocycles. The van der Waals surface area contributed by atoms with Crippen molar-refractivity contribution in [2.45, 2.75) is 24.3 Å². The Morgan fingerprint density at radius 2 is 2.45 bits per heavy atom. The quantitative estimate of drug-likeness (QED) is 0.658. The molecule has 0 aliphatic carbocycles. The van der Waals surface area contributed by atoms with Crippen LogP contribution in [0.2, 0.25) is 0 Å². The zero-order valence-electron chi connectivity index (χ0n) is 13.0. The molecular formula is C10H12F2N2O5S. The van der Waals surface area contributed by atoms with Gasteiger partial charge in [0.2, 0.25) is 0 Å². The molecule has 2 heterocycles.